The molecule has 148 valence electrons. The van der Waals surface area contributed by atoms with Crippen LogP contribution in [0.4, 0.5) is 5.69 Å². The fraction of sp³-hybridized carbons (Fsp3) is 0.364. The van der Waals surface area contributed by atoms with Gasteiger partial charge in [0.1, 0.15) is 5.75 Å². The van der Waals surface area contributed by atoms with Gasteiger partial charge in [0.05, 0.1) is 25.3 Å². The molecule has 0 saturated carbocycles. The number of rotatable bonds is 5. The van der Waals surface area contributed by atoms with Gasteiger partial charge in [-0.05, 0) is 86.3 Å². The summed E-state index contributed by atoms with van der Waals surface area (Å²) in [4.78, 5) is 12.1. The minimum atomic E-state index is -0.322. The average molecular weight is 399 g/mol. The number of benzene rings is 2. The molecule has 0 radical (unpaired) electrons. The maximum Gasteiger partial charge on any atom is 0.338 e. The Balaban J connectivity index is 1.72. The molecule has 3 rings (SSSR count). The van der Waals surface area contributed by atoms with Gasteiger partial charge in [0.25, 0.3) is 0 Å². The molecular weight excluding hydrogens is 372 g/mol. The SMILES string of the molecule is CCOC(=O)c1cccc(NC(=S)N[C@@H]2CCCc3cc(OC)ccc32)c1C. The zero-order valence-corrected chi connectivity index (χ0v) is 17.3. The lowest BCUT2D eigenvalue weighted by Gasteiger charge is -2.28. The van der Waals surface area contributed by atoms with E-state index in [1.54, 1.807) is 20.1 Å². The Labute approximate surface area is 171 Å². The third-order valence-corrected chi connectivity index (χ3v) is 5.27. The van der Waals surface area contributed by atoms with Crippen LogP contribution in [0.1, 0.15) is 52.9 Å². The van der Waals surface area contributed by atoms with Crippen molar-refractivity contribution in [2.75, 3.05) is 19.0 Å². The molecule has 0 amide bonds. The average Bonchev–Trinajstić information content (AvgIpc) is 2.69. The van der Waals surface area contributed by atoms with Gasteiger partial charge in [-0.25, -0.2) is 4.79 Å². The fourth-order valence-electron chi connectivity index (χ4n) is 3.59. The zero-order valence-electron chi connectivity index (χ0n) is 16.5. The highest BCUT2D eigenvalue weighted by Gasteiger charge is 2.22. The van der Waals surface area contributed by atoms with Gasteiger partial charge in [-0.3, -0.25) is 0 Å². The minimum Gasteiger partial charge on any atom is -0.497 e. The largest absolute Gasteiger partial charge is 0.497 e. The number of ether oxygens (including phenoxy) is 2. The third-order valence-electron chi connectivity index (χ3n) is 5.05. The van der Waals surface area contributed by atoms with Gasteiger partial charge < -0.3 is 20.1 Å². The van der Waals surface area contributed by atoms with E-state index in [0.29, 0.717) is 17.3 Å². The van der Waals surface area contributed by atoms with E-state index < -0.39 is 0 Å². The highest BCUT2D eigenvalue weighted by molar-refractivity contribution is 7.80. The molecule has 2 N–H and O–H groups in total. The van der Waals surface area contributed by atoms with Gasteiger partial charge in [0.15, 0.2) is 5.11 Å². The summed E-state index contributed by atoms with van der Waals surface area (Å²) in [6, 6.07) is 11.9. The minimum absolute atomic E-state index is 0.156. The summed E-state index contributed by atoms with van der Waals surface area (Å²) >= 11 is 5.55. The van der Waals surface area contributed by atoms with Crippen molar-refractivity contribution in [1.82, 2.24) is 5.32 Å². The number of carbonyl (C=O) groups excluding carboxylic acids is 1. The number of nitrogens with one attached hydrogen (secondary N) is 2. The standard InChI is InChI=1S/C22H26N2O3S/c1-4-27-21(25)17-8-6-9-19(14(17)2)23-22(28)24-20-10-5-7-15-13-16(26-3)11-12-18(15)20/h6,8-9,11-13,20H,4-5,7,10H2,1-3H3,(H2,23,24,28)/t20-/m1/s1. The zero-order chi connectivity index (χ0) is 20.1. The molecule has 6 heteroatoms. The summed E-state index contributed by atoms with van der Waals surface area (Å²) in [6.45, 7) is 4.03. The quantitative estimate of drug-likeness (QED) is 0.569. The van der Waals surface area contributed by atoms with Crippen LogP contribution in [0.5, 0.6) is 5.75 Å². The van der Waals surface area contributed by atoms with Crippen LogP contribution in [0.3, 0.4) is 0 Å². The Bertz CT molecular complexity index is 882. The summed E-state index contributed by atoms with van der Waals surface area (Å²) in [7, 11) is 1.69. The van der Waals surface area contributed by atoms with E-state index in [1.165, 1.54) is 11.1 Å². The van der Waals surface area contributed by atoms with Crippen LogP contribution in [-0.4, -0.2) is 24.8 Å². The van der Waals surface area contributed by atoms with Crippen molar-refractivity contribution in [3.63, 3.8) is 0 Å². The van der Waals surface area contributed by atoms with Crippen LogP contribution in [0.2, 0.25) is 0 Å². The highest BCUT2D eigenvalue weighted by atomic mass is 32.1. The maximum atomic E-state index is 12.1. The Hall–Kier alpha value is -2.60. The van der Waals surface area contributed by atoms with E-state index in [2.05, 4.69) is 22.8 Å². The molecule has 0 heterocycles. The summed E-state index contributed by atoms with van der Waals surface area (Å²) in [6.07, 6.45) is 3.16. The molecular formula is C22H26N2O3S. The van der Waals surface area contributed by atoms with E-state index in [1.807, 2.05) is 25.1 Å². The van der Waals surface area contributed by atoms with Crippen LogP contribution in [0, 0.1) is 6.92 Å². The molecule has 1 aliphatic rings. The first kappa shape index (κ1) is 20.1. The summed E-state index contributed by atoms with van der Waals surface area (Å²) in [5.41, 5.74) is 4.72. The van der Waals surface area contributed by atoms with E-state index in [4.69, 9.17) is 21.7 Å². The van der Waals surface area contributed by atoms with Gasteiger partial charge in [-0.1, -0.05) is 12.1 Å². The first-order valence-electron chi connectivity index (χ1n) is 9.54. The van der Waals surface area contributed by atoms with Gasteiger partial charge in [-0.15, -0.1) is 0 Å². The summed E-state index contributed by atoms with van der Waals surface area (Å²) < 4.78 is 10.5. The van der Waals surface area contributed by atoms with Crippen LogP contribution in [0.25, 0.3) is 0 Å². The summed E-state index contributed by atoms with van der Waals surface area (Å²) in [5.74, 6) is 0.559. The first-order chi connectivity index (χ1) is 13.5. The molecule has 0 spiro atoms. The lowest BCUT2D eigenvalue weighted by atomic mass is 9.87. The Kier molecular flexibility index (Phi) is 6.52. The predicted molar refractivity (Wildman–Crippen MR) is 115 cm³/mol. The molecule has 0 unspecified atom stereocenters. The normalized spacial score (nSPS) is 15.3. The van der Waals surface area contributed by atoms with Crippen molar-refractivity contribution in [2.45, 2.75) is 39.2 Å². The van der Waals surface area contributed by atoms with Gasteiger partial charge in [0, 0.05) is 5.69 Å². The molecule has 0 aliphatic heterocycles. The summed E-state index contributed by atoms with van der Waals surface area (Å²) in [5, 5.41) is 7.20. The van der Waals surface area contributed by atoms with Crippen LogP contribution in [0.15, 0.2) is 36.4 Å². The maximum absolute atomic E-state index is 12.1. The number of carbonyl (C=O) groups is 1. The van der Waals surface area contributed by atoms with Gasteiger partial charge in [0.2, 0.25) is 0 Å². The van der Waals surface area contributed by atoms with E-state index in [-0.39, 0.29) is 12.0 Å². The molecule has 1 atom stereocenters. The van der Waals surface area contributed by atoms with Crippen LogP contribution in [-0.2, 0) is 11.2 Å². The van der Waals surface area contributed by atoms with Crippen molar-refractivity contribution < 1.29 is 14.3 Å². The highest BCUT2D eigenvalue weighted by Crippen LogP contribution is 2.32. The van der Waals surface area contributed by atoms with E-state index in [0.717, 1.165) is 36.3 Å². The van der Waals surface area contributed by atoms with Crippen molar-refractivity contribution in [2.24, 2.45) is 0 Å². The number of esters is 1. The number of fused-ring (bicyclic) bond motifs is 1. The molecule has 0 saturated heterocycles. The van der Waals surface area contributed by atoms with Crippen molar-refractivity contribution in [1.29, 1.82) is 0 Å². The number of thiocarbonyl (C=S) groups is 1. The van der Waals surface area contributed by atoms with Crippen molar-refractivity contribution in [3.05, 3.63) is 58.7 Å². The Morgan fingerprint density at radius 2 is 2.11 bits per heavy atom. The first-order valence-corrected chi connectivity index (χ1v) is 9.95. The number of hydrogen-bond acceptors (Lipinski definition) is 4. The fourth-order valence-corrected chi connectivity index (χ4v) is 3.84. The van der Waals surface area contributed by atoms with Crippen LogP contribution < -0.4 is 15.4 Å². The third kappa shape index (κ3) is 4.44. The molecule has 0 aromatic heterocycles. The number of anilines is 1. The second-order valence-corrected chi connectivity index (χ2v) is 7.21. The predicted octanol–water partition coefficient (Wildman–Crippen LogP) is 4.54. The smallest absolute Gasteiger partial charge is 0.338 e. The van der Waals surface area contributed by atoms with Crippen molar-refractivity contribution >= 4 is 29.0 Å². The molecule has 0 fully saturated rings. The second kappa shape index (κ2) is 9.06. The van der Waals surface area contributed by atoms with E-state index in [9.17, 15) is 4.79 Å². The van der Waals surface area contributed by atoms with Crippen LogP contribution >= 0.6 is 12.2 Å². The lowest BCUT2D eigenvalue weighted by Crippen LogP contribution is -2.34. The topological polar surface area (TPSA) is 59.6 Å². The Morgan fingerprint density at radius 1 is 1.29 bits per heavy atom. The number of hydrogen-bond donors (Lipinski definition) is 2. The monoisotopic (exact) mass is 398 g/mol. The van der Waals surface area contributed by atoms with Gasteiger partial charge in [-0.2, -0.15) is 0 Å². The Morgan fingerprint density at radius 3 is 2.86 bits per heavy atom. The lowest BCUT2D eigenvalue weighted by molar-refractivity contribution is 0.0525. The van der Waals surface area contributed by atoms with Crippen molar-refractivity contribution in [3.8, 4) is 5.75 Å². The molecule has 5 nitrogen and oxygen atoms in total. The van der Waals surface area contributed by atoms with Gasteiger partial charge >= 0.3 is 5.97 Å². The number of aryl methyl sites for hydroxylation is 1. The molecule has 0 bridgehead atoms. The molecule has 2 aromatic rings. The van der Waals surface area contributed by atoms with E-state index >= 15 is 0 Å². The second-order valence-electron chi connectivity index (χ2n) is 6.81. The molecule has 1 aliphatic carbocycles. The number of methoxy groups -OCH3 is 1. The molecule has 2 aromatic carbocycles. The molecule has 28 heavy (non-hydrogen) atoms.